The molecule has 1 N–H and O–H groups in total. The zero-order valence-corrected chi connectivity index (χ0v) is 15.4. The first-order valence-corrected chi connectivity index (χ1v) is 9.36. The van der Waals surface area contributed by atoms with Crippen LogP contribution in [-0.4, -0.2) is 18.6 Å². The van der Waals surface area contributed by atoms with Crippen LogP contribution in [0.4, 0.5) is 5.69 Å². The lowest BCUT2D eigenvalue weighted by molar-refractivity contribution is 0.310. The number of nitrogens with zero attached hydrogens (tertiary/aromatic N) is 1. The molecule has 0 unspecified atom stereocenters. The summed E-state index contributed by atoms with van der Waals surface area (Å²) in [6.07, 6.45) is 1.06. The van der Waals surface area contributed by atoms with Crippen LogP contribution in [-0.2, 0) is 6.61 Å². The Kier molecular flexibility index (Phi) is 4.60. The van der Waals surface area contributed by atoms with E-state index >= 15 is 0 Å². The van der Waals surface area contributed by atoms with Gasteiger partial charge in [0.15, 0.2) is 0 Å². The van der Waals surface area contributed by atoms with Gasteiger partial charge in [-0.3, -0.25) is 0 Å². The molecule has 0 saturated carbocycles. The zero-order chi connectivity index (χ0) is 18.1. The quantitative estimate of drug-likeness (QED) is 0.672. The highest BCUT2D eigenvalue weighted by Gasteiger charge is 2.33. The van der Waals surface area contributed by atoms with Crippen molar-refractivity contribution in [2.75, 3.05) is 11.4 Å². The monoisotopic (exact) mass is 345 g/mol. The van der Waals surface area contributed by atoms with Gasteiger partial charge >= 0.3 is 7.05 Å². The third-order valence-electron chi connectivity index (χ3n) is 5.34. The van der Waals surface area contributed by atoms with Crippen LogP contribution in [0.15, 0.2) is 60.7 Å². The molecule has 1 atom stereocenters. The van der Waals surface area contributed by atoms with Crippen LogP contribution in [0.2, 0.25) is 6.82 Å². The van der Waals surface area contributed by atoms with E-state index in [1.807, 2.05) is 25.0 Å². The maximum absolute atomic E-state index is 10.3. The van der Waals surface area contributed by atoms with Gasteiger partial charge in [0.1, 0.15) is 12.4 Å². The van der Waals surface area contributed by atoms with Gasteiger partial charge in [0.25, 0.3) is 0 Å². The van der Waals surface area contributed by atoms with Crippen LogP contribution in [0.25, 0.3) is 10.8 Å². The molecule has 0 radical (unpaired) electrons. The molecule has 0 saturated heterocycles. The first-order chi connectivity index (χ1) is 12.7. The lowest BCUT2D eigenvalue weighted by Crippen LogP contribution is -2.36. The average Bonchev–Trinajstić information content (AvgIpc) is 3.06. The van der Waals surface area contributed by atoms with Crippen LogP contribution in [0.1, 0.15) is 30.4 Å². The van der Waals surface area contributed by atoms with Gasteiger partial charge < -0.3 is 14.6 Å². The minimum atomic E-state index is -0.506. The van der Waals surface area contributed by atoms with E-state index in [0.717, 1.165) is 35.4 Å². The summed E-state index contributed by atoms with van der Waals surface area (Å²) in [6, 6.07) is 20.8. The second-order valence-electron chi connectivity index (χ2n) is 7.02. The molecule has 26 heavy (non-hydrogen) atoms. The summed E-state index contributed by atoms with van der Waals surface area (Å²) in [6.45, 7) is 5.45. The van der Waals surface area contributed by atoms with E-state index in [2.05, 4.69) is 54.2 Å². The minimum Gasteiger partial charge on any atom is -0.488 e. The Morgan fingerprint density at radius 2 is 1.77 bits per heavy atom. The number of ether oxygens (including phenoxy) is 1. The lowest BCUT2D eigenvalue weighted by Gasteiger charge is -2.21. The maximum Gasteiger partial charge on any atom is 0.409 e. The number of hydrogen-bond acceptors (Lipinski definition) is 3. The standard InChI is InChI=1S/C22H24BNO2/c1-3-17-14-24(23(2)25)20-13-21(26-15-16-9-5-4-6-10-16)18-11-7-8-12-19(18)22(17)20/h4-13,17,25H,3,14-15H2,1-2H3/t17-/m1/s1. The number of benzene rings is 3. The van der Waals surface area contributed by atoms with Gasteiger partial charge in [-0.05, 0) is 29.8 Å². The van der Waals surface area contributed by atoms with Crippen LogP contribution in [0.3, 0.4) is 0 Å². The Bertz CT molecular complexity index is 911. The second kappa shape index (κ2) is 7.04. The fourth-order valence-corrected chi connectivity index (χ4v) is 3.99. The molecule has 1 aliphatic heterocycles. The summed E-state index contributed by atoms with van der Waals surface area (Å²) in [4.78, 5) is 2.09. The van der Waals surface area contributed by atoms with E-state index < -0.39 is 7.05 Å². The predicted octanol–water partition coefficient (Wildman–Crippen LogP) is 4.84. The first-order valence-electron chi connectivity index (χ1n) is 9.36. The second-order valence-corrected chi connectivity index (χ2v) is 7.02. The number of hydrogen-bond donors (Lipinski definition) is 1. The SMILES string of the molecule is CC[C@@H]1CN(B(C)O)c2cc(OCc3ccccc3)c3ccccc3c21. The molecule has 132 valence electrons. The highest BCUT2D eigenvalue weighted by molar-refractivity contribution is 6.54. The molecule has 0 amide bonds. The third-order valence-corrected chi connectivity index (χ3v) is 5.34. The van der Waals surface area contributed by atoms with Gasteiger partial charge in [-0.2, -0.15) is 0 Å². The average molecular weight is 345 g/mol. The van der Waals surface area contributed by atoms with Gasteiger partial charge in [-0.15, -0.1) is 0 Å². The van der Waals surface area contributed by atoms with E-state index in [-0.39, 0.29) is 0 Å². The summed E-state index contributed by atoms with van der Waals surface area (Å²) in [5, 5.41) is 12.7. The van der Waals surface area contributed by atoms with E-state index in [4.69, 9.17) is 4.74 Å². The molecule has 1 heterocycles. The molecule has 4 heteroatoms. The van der Waals surface area contributed by atoms with Gasteiger partial charge in [0.2, 0.25) is 0 Å². The lowest BCUT2D eigenvalue weighted by atomic mass is 9.85. The highest BCUT2D eigenvalue weighted by Crippen LogP contribution is 2.46. The van der Waals surface area contributed by atoms with Crippen molar-refractivity contribution in [3.05, 3.63) is 71.8 Å². The molecular weight excluding hydrogens is 321 g/mol. The fourth-order valence-electron chi connectivity index (χ4n) is 3.99. The molecule has 0 aromatic heterocycles. The third kappa shape index (κ3) is 2.95. The topological polar surface area (TPSA) is 32.7 Å². The van der Waals surface area contributed by atoms with Crippen LogP contribution in [0.5, 0.6) is 5.75 Å². The van der Waals surface area contributed by atoms with Gasteiger partial charge in [0, 0.05) is 29.6 Å². The van der Waals surface area contributed by atoms with Crippen molar-refractivity contribution in [1.29, 1.82) is 0 Å². The molecule has 1 aliphatic rings. The molecule has 0 fully saturated rings. The normalized spacial score (nSPS) is 16.0. The van der Waals surface area contributed by atoms with Crippen molar-refractivity contribution >= 4 is 23.5 Å². The number of anilines is 1. The molecule has 3 nitrogen and oxygen atoms in total. The Morgan fingerprint density at radius 3 is 2.46 bits per heavy atom. The summed E-state index contributed by atoms with van der Waals surface area (Å²) >= 11 is 0. The van der Waals surface area contributed by atoms with E-state index in [1.165, 1.54) is 10.9 Å². The van der Waals surface area contributed by atoms with Crippen LogP contribution in [0, 0.1) is 0 Å². The van der Waals surface area contributed by atoms with Crippen molar-refractivity contribution in [2.24, 2.45) is 0 Å². The molecule has 4 rings (SSSR count). The molecule has 0 spiro atoms. The first kappa shape index (κ1) is 17.0. The molecule has 3 aromatic rings. The van der Waals surface area contributed by atoms with Gasteiger partial charge in [-0.1, -0.05) is 61.5 Å². The highest BCUT2D eigenvalue weighted by atomic mass is 16.5. The Balaban J connectivity index is 1.80. The van der Waals surface area contributed by atoms with E-state index in [1.54, 1.807) is 0 Å². The van der Waals surface area contributed by atoms with Crippen molar-refractivity contribution in [3.63, 3.8) is 0 Å². The van der Waals surface area contributed by atoms with Gasteiger partial charge in [0.05, 0.1) is 0 Å². The summed E-state index contributed by atoms with van der Waals surface area (Å²) < 4.78 is 6.22. The number of rotatable bonds is 5. The molecule has 0 bridgehead atoms. The maximum atomic E-state index is 10.3. The minimum absolute atomic E-state index is 0.438. The Labute approximate surface area is 155 Å². The molecule has 3 aromatic carbocycles. The van der Waals surface area contributed by atoms with Crippen molar-refractivity contribution in [1.82, 2.24) is 0 Å². The van der Waals surface area contributed by atoms with E-state index in [9.17, 15) is 5.02 Å². The summed E-state index contributed by atoms with van der Waals surface area (Å²) in [5.74, 6) is 1.32. The van der Waals surface area contributed by atoms with Crippen molar-refractivity contribution < 1.29 is 9.76 Å². The predicted molar refractivity (Wildman–Crippen MR) is 109 cm³/mol. The summed E-state index contributed by atoms with van der Waals surface area (Å²) in [5.41, 5.74) is 3.60. The van der Waals surface area contributed by atoms with Gasteiger partial charge in [-0.25, -0.2) is 0 Å². The van der Waals surface area contributed by atoms with Crippen LogP contribution < -0.4 is 9.55 Å². The van der Waals surface area contributed by atoms with E-state index in [0.29, 0.717) is 12.5 Å². The largest absolute Gasteiger partial charge is 0.488 e. The molecular formula is C22H24BNO2. The smallest absolute Gasteiger partial charge is 0.409 e. The van der Waals surface area contributed by atoms with Crippen molar-refractivity contribution in [3.8, 4) is 5.75 Å². The van der Waals surface area contributed by atoms with Crippen molar-refractivity contribution in [2.45, 2.75) is 32.7 Å². The zero-order valence-electron chi connectivity index (χ0n) is 15.4. The number of fused-ring (bicyclic) bond motifs is 3. The Morgan fingerprint density at radius 1 is 1.08 bits per heavy atom. The Hall–Kier alpha value is -2.46. The van der Waals surface area contributed by atoms with Crippen LogP contribution >= 0.6 is 0 Å². The molecule has 0 aliphatic carbocycles. The fraction of sp³-hybridized carbons (Fsp3) is 0.273. The summed E-state index contributed by atoms with van der Waals surface area (Å²) in [7, 11) is -0.506.